The highest BCUT2D eigenvalue weighted by atomic mass is 32.2. The van der Waals surface area contributed by atoms with Crippen LogP contribution in [0.3, 0.4) is 0 Å². The first kappa shape index (κ1) is 23.0. The van der Waals surface area contributed by atoms with Gasteiger partial charge in [0.15, 0.2) is 5.17 Å². The van der Waals surface area contributed by atoms with Crippen molar-refractivity contribution in [2.75, 3.05) is 0 Å². The summed E-state index contributed by atoms with van der Waals surface area (Å²) in [7, 11) is 0. The average Bonchev–Trinajstić information content (AvgIpc) is 3.23. The highest BCUT2D eigenvalue weighted by Crippen LogP contribution is 2.35. The van der Waals surface area contributed by atoms with Gasteiger partial charge in [0.1, 0.15) is 11.9 Å². The van der Waals surface area contributed by atoms with Crippen LogP contribution in [0.5, 0.6) is 0 Å². The molecular weight excluding hydrogens is 458 g/mol. The van der Waals surface area contributed by atoms with Crippen molar-refractivity contribution in [2.45, 2.75) is 37.6 Å². The fourth-order valence-electron chi connectivity index (χ4n) is 4.11. The van der Waals surface area contributed by atoms with Gasteiger partial charge in [0.25, 0.3) is 5.91 Å². The second-order valence-corrected chi connectivity index (χ2v) is 9.51. The molecule has 0 saturated heterocycles. The molecule has 0 spiro atoms. The van der Waals surface area contributed by atoms with E-state index in [-0.39, 0.29) is 11.8 Å². The van der Waals surface area contributed by atoms with E-state index in [1.807, 2.05) is 73.7 Å². The van der Waals surface area contributed by atoms with Gasteiger partial charge in [-0.05, 0) is 35.7 Å². The smallest absolute Gasteiger partial charge is 0.259 e. The predicted octanol–water partition coefficient (Wildman–Crippen LogP) is 4.11. The number of pyridine rings is 1. The number of benzene rings is 2. The number of nitrogens with one attached hydrogen (secondary N) is 1. The van der Waals surface area contributed by atoms with Gasteiger partial charge >= 0.3 is 0 Å². The Morgan fingerprint density at radius 1 is 1.06 bits per heavy atom. The highest BCUT2D eigenvalue weighted by molar-refractivity contribution is 8.15. The van der Waals surface area contributed by atoms with Crippen LogP contribution in [0.1, 0.15) is 30.0 Å². The van der Waals surface area contributed by atoms with Crippen molar-refractivity contribution in [3.63, 3.8) is 0 Å². The van der Waals surface area contributed by atoms with Gasteiger partial charge in [-0.15, -0.1) is 0 Å². The molecule has 2 aliphatic heterocycles. The lowest BCUT2D eigenvalue weighted by Crippen LogP contribution is -2.43. The summed E-state index contributed by atoms with van der Waals surface area (Å²) in [6.07, 6.45) is 4.54. The van der Waals surface area contributed by atoms with Crippen LogP contribution in [-0.2, 0) is 22.6 Å². The van der Waals surface area contributed by atoms with Gasteiger partial charge in [-0.2, -0.15) is 0 Å². The molecule has 35 heavy (non-hydrogen) atoms. The van der Waals surface area contributed by atoms with Crippen molar-refractivity contribution in [1.29, 1.82) is 0 Å². The van der Waals surface area contributed by atoms with Crippen molar-refractivity contribution in [3.05, 3.63) is 95.8 Å². The summed E-state index contributed by atoms with van der Waals surface area (Å²) in [6, 6.07) is 20.8. The summed E-state index contributed by atoms with van der Waals surface area (Å²) in [5, 5.41) is 3.07. The zero-order valence-corrected chi connectivity index (χ0v) is 20.1. The number of amidine groups is 2. The number of hydrogen-bond donors (Lipinski definition) is 1. The maximum absolute atomic E-state index is 13.5. The first-order chi connectivity index (χ1) is 17.1. The topological polar surface area (TPSA) is 87.0 Å². The van der Waals surface area contributed by atoms with Crippen LogP contribution >= 0.6 is 11.8 Å². The maximum atomic E-state index is 13.5. The molecule has 1 N–H and O–H groups in total. The third-order valence-corrected chi connectivity index (χ3v) is 7.24. The molecule has 0 saturated carbocycles. The molecule has 1 aromatic heterocycles. The van der Waals surface area contributed by atoms with Crippen LogP contribution < -0.4 is 5.32 Å². The Hall–Kier alpha value is -3.78. The number of nitrogens with zero attached hydrogens (tertiary/aromatic N) is 4. The molecule has 3 aromatic rings. The standard InChI is InChI=1S/C27H25N5O2S/c1-2-23(25(33)29-17-19-11-8-14-28-16-19)35-27-31-21-13-7-6-12-20(21)24-30-22(26(34)32(24)27)15-18-9-4-3-5-10-18/h3-14,16,22-23H,2,15,17H2,1H3,(H,29,33)/t22-,23-/m1/s1. The first-order valence-electron chi connectivity index (χ1n) is 11.6. The van der Waals surface area contributed by atoms with Crippen LogP contribution in [-0.4, -0.2) is 44.0 Å². The average molecular weight is 484 g/mol. The van der Waals surface area contributed by atoms with Gasteiger partial charge in [0.2, 0.25) is 5.91 Å². The Morgan fingerprint density at radius 3 is 2.60 bits per heavy atom. The first-order valence-corrected chi connectivity index (χ1v) is 12.5. The molecule has 3 heterocycles. The zero-order chi connectivity index (χ0) is 24.2. The second kappa shape index (κ2) is 10.2. The number of fused-ring (bicyclic) bond motifs is 3. The van der Waals surface area contributed by atoms with E-state index in [9.17, 15) is 9.59 Å². The summed E-state index contributed by atoms with van der Waals surface area (Å²) < 4.78 is 0. The summed E-state index contributed by atoms with van der Waals surface area (Å²) in [5.74, 6) is 0.388. The Labute approximate surface area is 208 Å². The number of aromatic nitrogens is 1. The van der Waals surface area contributed by atoms with Gasteiger partial charge in [0.05, 0.1) is 10.9 Å². The molecule has 0 aliphatic carbocycles. The number of carbonyl (C=O) groups excluding carboxylic acids is 2. The van der Waals surface area contributed by atoms with Crippen LogP contribution in [0.4, 0.5) is 5.69 Å². The minimum absolute atomic E-state index is 0.103. The molecular formula is C27H25N5O2S. The van der Waals surface area contributed by atoms with E-state index >= 15 is 0 Å². The molecule has 2 aromatic carbocycles. The molecule has 0 unspecified atom stereocenters. The van der Waals surface area contributed by atoms with Crippen molar-refractivity contribution < 1.29 is 9.59 Å². The van der Waals surface area contributed by atoms with Crippen LogP contribution in [0.15, 0.2) is 89.1 Å². The third-order valence-electron chi connectivity index (χ3n) is 5.92. The second-order valence-electron chi connectivity index (χ2n) is 8.34. The third kappa shape index (κ3) is 4.88. The quantitative estimate of drug-likeness (QED) is 0.548. The van der Waals surface area contributed by atoms with Crippen molar-refractivity contribution in [3.8, 4) is 0 Å². The molecule has 176 valence electrons. The van der Waals surface area contributed by atoms with Crippen LogP contribution in [0.25, 0.3) is 0 Å². The monoisotopic (exact) mass is 483 g/mol. The van der Waals surface area contributed by atoms with Crippen molar-refractivity contribution in [2.24, 2.45) is 9.98 Å². The maximum Gasteiger partial charge on any atom is 0.259 e. The lowest BCUT2D eigenvalue weighted by atomic mass is 10.1. The Balaban J connectivity index is 1.38. The molecule has 2 amide bonds. The molecule has 0 radical (unpaired) electrons. The Kier molecular flexibility index (Phi) is 6.72. The lowest BCUT2D eigenvalue weighted by Gasteiger charge is -2.27. The van der Waals surface area contributed by atoms with E-state index in [2.05, 4.69) is 10.3 Å². The number of rotatable bonds is 7. The van der Waals surface area contributed by atoms with Gasteiger partial charge in [-0.1, -0.05) is 67.2 Å². The summed E-state index contributed by atoms with van der Waals surface area (Å²) in [6.45, 7) is 2.35. The van der Waals surface area contributed by atoms with Crippen LogP contribution in [0, 0.1) is 0 Å². The molecule has 0 fully saturated rings. The number of para-hydroxylation sites is 1. The van der Waals surface area contributed by atoms with E-state index < -0.39 is 11.3 Å². The minimum atomic E-state index is -0.524. The zero-order valence-electron chi connectivity index (χ0n) is 19.3. The molecule has 8 heteroatoms. The van der Waals surface area contributed by atoms with E-state index in [4.69, 9.17) is 9.98 Å². The van der Waals surface area contributed by atoms with E-state index in [1.54, 1.807) is 17.3 Å². The number of hydrogen-bond acceptors (Lipinski definition) is 6. The van der Waals surface area contributed by atoms with Gasteiger partial charge in [-0.25, -0.2) is 9.89 Å². The Bertz CT molecular complexity index is 1290. The van der Waals surface area contributed by atoms with E-state index in [0.717, 1.165) is 22.4 Å². The number of carbonyl (C=O) groups is 2. The van der Waals surface area contributed by atoms with Crippen LogP contribution in [0.2, 0.25) is 0 Å². The van der Waals surface area contributed by atoms with Crippen molar-refractivity contribution >= 4 is 40.3 Å². The SMILES string of the molecule is CC[C@@H](SC1=Nc2ccccc2C2=N[C@H](Cc3ccccc3)C(=O)N12)C(=O)NCc1cccnc1. The van der Waals surface area contributed by atoms with Gasteiger partial charge in [-0.3, -0.25) is 19.6 Å². The van der Waals surface area contributed by atoms with Gasteiger partial charge in [0, 0.05) is 30.9 Å². The highest BCUT2D eigenvalue weighted by Gasteiger charge is 2.42. The number of amides is 2. The summed E-state index contributed by atoms with van der Waals surface area (Å²) >= 11 is 1.31. The number of thioether (sulfide) groups is 1. The van der Waals surface area contributed by atoms with E-state index in [0.29, 0.717) is 30.4 Å². The van der Waals surface area contributed by atoms with Crippen molar-refractivity contribution in [1.82, 2.24) is 15.2 Å². The number of aliphatic imine (C=N–C) groups is 2. The normalized spacial score (nSPS) is 17.2. The fraction of sp³-hybridized carbons (Fsp3) is 0.222. The van der Waals surface area contributed by atoms with E-state index in [1.165, 1.54) is 11.8 Å². The largest absolute Gasteiger partial charge is 0.351 e. The summed E-state index contributed by atoms with van der Waals surface area (Å²) in [4.78, 5) is 41.8. The lowest BCUT2D eigenvalue weighted by molar-refractivity contribution is -0.124. The molecule has 5 rings (SSSR count). The molecule has 2 aliphatic rings. The molecule has 2 atom stereocenters. The minimum Gasteiger partial charge on any atom is -0.351 e. The Morgan fingerprint density at radius 2 is 1.83 bits per heavy atom. The molecule has 0 bridgehead atoms. The fourth-order valence-corrected chi connectivity index (χ4v) is 5.15. The van der Waals surface area contributed by atoms with Gasteiger partial charge < -0.3 is 5.32 Å². The summed E-state index contributed by atoms with van der Waals surface area (Å²) in [5.41, 5.74) is 3.56. The molecule has 7 nitrogen and oxygen atoms in total. The predicted molar refractivity (Wildman–Crippen MR) is 139 cm³/mol.